The summed E-state index contributed by atoms with van der Waals surface area (Å²) in [4.78, 5) is 2.30. The van der Waals surface area contributed by atoms with Gasteiger partial charge in [-0.25, -0.2) is 4.39 Å². The Morgan fingerprint density at radius 2 is 1.81 bits per heavy atom. The predicted octanol–water partition coefficient (Wildman–Crippen LogP) is 3.85. The maximum absolute atomic E-state index is 13.2. The Labute approximate surface area is 153 Å². The van der Waals surface area contributed by atoms with Crippen LogP contribution in [0.4, 0.5) is 4.39 Å². The molecule has 1 heterocycles. The molecule has 26 heavy (non-hydrogen) atoms. The molecule has 0 bridgehead atoms. The third-order valence-electron chi connectivity index (χ3n) is 4.38. The topological polar surface area (TPSA) is 52.1 Å². The second-order valence-corrected chi connectivity index (χ2v) is 6.72. The van der Waals surface area contributed by atoms with Gasteiger partial charge in [0, 0.05) is 37.4 Å². The van der Waals surface area contributed by atoms with Gasteiger partial charge in [-0.05, 0) is 35.7 Å². The standard InChI is InChI=1S/C21H24FN3O/c1-16(15-26)12-25(13-17-5-3-2-4-6-17)14-19-11-23-24-21(19)18-7-9-20(22)10-8-18/h2-11,16,26H,12-15H2,1H3,(H,23,24). The molecule has 3 aromatic rings. The predicted molar refractivity (Wildman–Crippen MR) is 101 cm³/mol. The molecule has 1 aromatic heterocycles. The quantitative estimate of drug-likeness (QED) is 0.647. The molecular formula is C21H24FN3O. The molecule has 0 aliphatic heterocycles. The Kier molecular flexibility index (Phi) is 6.15. The maximum atomic E-state index is 13.2. The number of halogens is 1. The second kappa shape index (κ2) is 8.74. The summed E-state index contributed by atoms with van der Waals surface area (Å²) < 4.78 is 13.2. The van der Waals surface area contributed by atoms with Crippen LogP contribution >= 0.6 is 0 Å². The molecule has 136 valence electrons. The fourth-order valence-corrected chi connectivity index (χ4v) is 3.06. The van der Waals surface area contributed by atoms with E-state index in [0.29, 0.717) is 6.54 Å². The highest BCUT2D eigenvalue weighted by Crippen LogP contribution is 2.23. The number of hydrogen-bond donors (Lipinski definition) is 2. The first-order valence-corrected chi connectivity index (χ1v) is 8.81. The second-order valence-electron chi connectivity index (χ2n) is 6.72. The van der Waals surface area contributed by atoms with Gasteiger partial charge in [-0.2, -0.15) is 5.10 Å². The summed E-state index contributed by atoms with van der Waals surface area (Å²) in [5.74, 6) is -0.0721. The van der Waals surface area contributed by atoms with Crippen molar-refractivity contribution in [1.82, 2.24) is 15.1 Å². The number of nitrogens with one attached hydrogen (secondary N) is 1. The Morgan fingerprint density at radius 3 is 2.50 bits per heavy atom. The van der Waals surface area contributed by atoms with Crippen LogP contribution in [0.25, 0.3) is 11.3 Å². The zero-order valence-electron chi connectivity index (χ0n) is 14.9. The normalized spacial score (nSPS) is 12.5. The van der Waals surface area contributed by atoms with E-state index in [4.69, 9.17) is 0 Å². The number of aromatic amines is 1. The van der Waals surface area contributed by atoms with Crippen molar-refractivity contribution in [2.75, 3.05) is 13.2 Å². The largest absolute Gasteiger partial charge is 0.396 e. The molecule has 5 heteroatoms. The highest BCUT2D eigenvalue weighted by molar-refractivity contribution is 5.62. The Morgan fingerprint density at radius 1 is 1.08 bits per heavy atom. The van der Waals surface area contributed by atoms with Crippen molar-refractivity contribution < 1.29 is 9.50 Å². The van der Waals surface area contributed by atoms with Crippen LogP contribution in [0.1, 0.15) is 18.1 Å². The molecule has 0 amide bonds. The average Bonchev–Trinajstić information content (AvgIpc) is 3.11. The van der Waals surface area contributed by atoms with Gasteiger partial charge in [0.15, 0.2) is 0 Å². The maximum Gasteiger partial charge on any atom is 0.123 e. The molecule has 1 atom stereocenters. The van der Waals surface area contributed by atoms with Crippen molar-refractivity contribution in [2.45, 2.75) is 20.0 Å². The van der Waals surface area contributed by atoms with Crippen LogP contribution in [0.2, 0.25) is 0 Å². The zero-order chi connectivity index (χ0) is 18.4. The van der Waals surface area contributed by atoms with Gasteiger partial charge in [0.05, 0.1) is 11.9 Å². The van der Waals surface area contributed by atoms with Crippen molar-refractivity contribution in [1.29, 1.82) is 0 Å². The third-order valence-corrected chi connectivity index (χ3v) is 4.38. The van der Waals surface area contributed by atoms with Crippen LogP contribution < -0.4 is 0 Å². The Hall–Kier alpha value is -2.50. The van der Waals surface area contributed by atoms with Crippen LogP contribution in [0.3, 0.4) is 0 Å². The molecule has 4 nitrogen and oxygen atoms in total. The molecule has 0 radical (unpaired) electrons. The Bertz CT molecular complexity index is 802. The van der Waals surface area contributed by atoms with Crippen molar-refractivity contribution in [3.8, 4) is 11.3 Å². The monoisotopic (exact) mass is 353 g/mol. The zero-order valence-corrected chi connectivity index (χ0v) is 14.9. The van der Waals surface area contributed by atoms with Crippen molar-refractivity contribution in [3.63, 3.8) is 0 Å². The lowest BCUT2D eigenvalue weighted by molar-refractivity contribution is 0.163. The van der Waals surface area contributed by atoms with Gasteiger partial charge in [0.2, 0.25) is 0 Å². The summed E-state index contributed by atoms with van der Waals surface area (Å²) in [5.41, 5.74) is 4.09. The van der Waals surface area contributed by atoms with E-state index in [1.807, 2.05) is 31.3 Å². The van der Waals surface area contributed by atoms with E-state index in [9.17, 15) is 9.50 Å². The summed E-state index contributed by atoms with van der Waals surface area (Å²) in [6.45, 7) is 4.46. The van der Waals surface area contributed by atoms with Crippen molar-refractivity contribution in [2.24, 2.45) is 5.92 Å². The van der Waals surface area contributed by atoms with Gasteiger partial charge < -0.3 is 5.11 Å². The first-order valence-electron chi connectivity index (χ1n) is 8.81. The van der Waals surface area contributed by atoms with E-state index in [1.165, 1.54) is 17.7 Å². The lowest BCUT2D eigenvalue weighted by Gasteiger charge is -2.25. The minimum absolute atomic E-state index is 0.154. The molecule has 0 aliphatic rings. The fraction of sp³-hybridized carbons (Fsp3) is 0.286. The van der Waals surface area contributed by atoms with Crippen molar-refractivity contribution in [3.05, 3.63) is 77.7 Å². The number of aliphatic hydroxyl groups is 1. The van der Waals surface area contributed by atoms with Gasteiger partial charge in [-0.1, -0.05) is 37.3 Å². The molecule has 2 N–H and O–H groups in total. The van der Waals surface area contributed by atoms with Crippen molar-refractivity contribution >= 4 is 0 Å². The average molecular weight is 353 g/mol. The molecule has 0 saturated carbocycles. The summed E-state index contributed by atoms with van der Waals surface area (Å²) in [6.07, 6.45) is 1.82. The number of hydrogen-bond acceptors (Lipinski definition) is 3. The first-order chi connectivity index (χ1) is 12.7. The van der Waals surface area contributed by atoms with E-state index in [-0.39, 0.29) is 18.3 Å². The number of benzene rings is 2. The number of aliphatic hydroxyl groups excluding tert-OH is 1. The molecule has 0 aliphatic carbocycles. The smallest absolute Gasteiger partial charge is 0.123 e. The highest BCUT2D eigenvalue weighted by atomic mass is 19.1. The van der Waals surface area contributed by atoms with E-state index in [1.54, 1.807) is 12.1 Å². The molecule has 0 saturated heterocycles. The first kappa shape index (κ1) is 18.3. The third kappa shape index (κ3) is 4.77. The SMILES string of the molecule is CC(CO)CN(Cc1ccccc1)Cc1cn[nH]c1-c1ccc(F)cc1. The van der Waals surface area contributed by atoms with Crippen LogP contribution in [0.15, 0.2) is 60.8 Å². The lowest BCUT2D eigenvalue weighted by atomic mass is 10.1. The van der Waals surface area contributed by atoms with Crippen LogP contribution in [-0.4, -0.2) is 33.4 Å². The number of H-pyrrole nitrogens is 1. The number of aromatic nitrogens is 2. The molecule has 1 unspecified atom stereocenters. The van der Waals surface area contributed by atoms with E-state index >= 15 is 0 Å². The summed E-state index contributed by atoms with van der Waals surface area (Å²) in [7, 11) is 0. The Balaban J connectivity index is 1.80. The minimum Gasteiger partial charge on any atom is -0.396 e. The van der Waals surface area contributed by atoms with Gasteiger partial charge >= 0.3 is 0 Å². The van der Waals surface area contributed by atoms with E-state index < -0.39 is 0 Å². The van der Waals surface area contributed by atoms with E-state index in [2.05, 4.69) is 27.2 Å². The number of nitrogens with zero attached hydrogens (tertiary/aromatic N) is 2. The van der Waals surface area contributed by atoms with Gasteiger partial charge in [0.1, 0.15) is 5.82 Å². The van der Waals surface area contributed by atoms with Gasteiger partial charge in [-0.3, -0.25) is 10.00 Å². The van der Waals surface area contributed by atoms with Crippen LogP contribution in [0, 0.1) is 11.7 Å². The highest BCUT2D eigenvalue weighted by Gasteiger charge is 2.15. The lowest BCUT2D eigenvalue weighted by Crippen LogP contribution is -2.29. The summed E-state index contributed by atoms with van der Waals surface area (Å²) in [5, 5.41) is 16.7. The molecular weight excluding hydrogens is 329 g/mol. The van der Waals surface area contributed by atoms with Crippen LogP contribution in [-0.2, 0) is 13.1 Å². The molecule has 0 spiro atoms. The summed E-state index contributed by atoms with van der Waals surface area (Å²) >= 11 is 0. The number of rotatable bonds is 8. The fourth-order valence-electron chi connectivity index (χ4n) is 3.06. The van der Waals surface area contributed by atoms with Gasteiger partial charge in [0.25, 0.3) is 0 Å². The van der Waals surface area contributed by atoms with E-state index in [0.717, 1.165) is 29.9 Å². The van der Waals surface area contributed by atoms with Gasteiger partial charge in [-0.15, -0.1) is 0 Å². The molecule has 0 fully saturated rings. The molecule has 2 aromatic carbocycles. The summed E-state index contributed by atoms with van der Waals surface area (Å²) in [6, 6.07) is 16.7. The molecule has 3 rings (SSSR count). The minimum atomic E-state index is -0.253. The van der Waals surface area contributed by atoms with Crippen LogP contribution in [0.5, 0.6) is 0 Å².